The average molecular weight is 353 g/mol. The summed E-state index contributed by atoms with van der Waals surface area (Å²) in [6, 6.07) is 10.4. The van der Waals surface area contributed by atoms with Crippen LogP contribution in [-0.4, -0.2) is 19.3 Å². The van der Waals surface area contributed by atoms with E-state index in [2.05, 4.69) is 0 Å². The first-order valence-corrected chi connectivity index (χ1v) is 8.29. The van der Waals surface area contributed by atoms with Gasteiger partial charge in [-0.05, 0) is 42.8 Å². The molecular formula is C16H13F2NO4S. The van der Waals surface area contributed by atoms with Crippen molar-refractivity contribution in [3.05, 3.63) is 53.1 Å². The van der Waals surface area contributed by atoms with E-state index in [0.717, 1.165) is 6.07 Å². The number of alkyl halides is 2. The van der Waals surface area contributed by atoms with Crippen molar-refractivity contribution in [3.63, 3.8) is 0 Å². The highest BCUT2D eigenvalue weighted by Gasteiger charge is 2.30. The number of hydrogen-bond donors (Lipinski definition) is 1. The minimum absolute atomic E-state index is 0.149. The van der Waals surface area contributed by atoms with E-state index in [-0.39, 0.29) is 16.9 Å². The van der Waals surface area contributed by atoms with Gasteiger partial charge in [-0.25, -0.2) is 8.42 Å². The molecule has 0 bridgehead atoms. The summed E-state index contributed by atoms with van der Waals surface area (Å²) in [5, 5.41) is 18.3. The zero-order valence-corrected chi connectivity index (χ0v) is 13.3. The first-order valence-electron chi connectivity index (χ1n) is 6.74. The lowest BCUT2D eigenvalue weighted by Crippen LogP contribution is -2.14. The first-order chi connectivity index (χ1) is 11.3. The summed E-state index contributed by atoms with van der Waals surface area (Å²) < 4.78 is 54.4. The maximum absolute atomic E-state index is 12.7. The summed E-state index contributed by atoms with van der Waals surface area (Å²) in [6.45, 7) is 0.724. The molecule has 8 heteroatoms. The van der Waals surface area contributed by atoms with Crippen molar-refractivity contribution in [1.29, 1.82) is 5.26 Å². The SMILES string of the molecule is Cc1c(Oc2cccc(C#N)c2)ccc(S(=O)(=O)C(F)F)c1CO. The maximum atomic E-state index is 12.7. The molecule has 0 heterocycles. The Bertz CT molecular complexity index is 905. The van der Waals surface area contributed by atoms with Gasteiger partial charge in [0, 0.05) is 5.56 Å². The third-order valence-electron chi connectivity index (χ3n) is 3.40. The highest BCUT2D eigenvalue weighted by atomic mass is 32.2. The topological polar surface area (TPSA) is 87.4 Å². The Labute approximate surface area is 137 Å². The van der Waals surface area contributed by atoms with E-state index in [0.29, 0.717) is 11.3 Å². The molecule has 0 amide bonds. The van der Waals surface area contributed by atoms with Gasteiger partial charge in [-0.2, -0.15) is 14.0 Å². The summed E-state index contributed by atoms with van der Waals surface area (Å²) in [5.74, 6) is -3.06. The second kappa shape index (κ2) is 6.95. The predicted molar refractivity (Wildman–Crippen MR) is 81.5 cm³/mol. The van der Waals surface area contributed by atoms with Crippen molar-refractivity contribution in [3.8, 4) is 17.6 Å². The van der Waals surface area contributed by atoms with Gasteiger partial charge in [0.2, 0.25) is 9.84 Å². The number of nitrogens with zero attached hydrogens (tertiary/aromatic N) is 1. The molecule has 0 aromatic heterocycles. The number of sulfone groups is 1. The number of halogens is 2. The van der Waals surface area contributed by atoms with E-state index in [4.69, 9.17) is 10.00 Å². The Morgan fingerprint density at radius 1 is 1.29 bits per heavy atom. The number of rotatable bonds is 5. The predicted octanol–water partition coefficient (Wildman–Crippen LogP) is 3.15. The van der Waals surface area contributed by atoms with Crippen molar-refractivity contribution < 1.29 is 27.0 Å². The van der Waals surface area contributed by atoms with E-state index < -0.39 is 27.1 Å². The lowest BCUT2D eigenvalue weighted by atomic mass is 10.1. The smallest absolute Gasteiger partial charge is 0.341 e. The van der Waals surface area contributed by atoms with Crippen LogP contribution in [0.3, 0.4) is 0 Å². The van der Waals surface area contributed by atoms with Crippen LogP contribution in [0.4, 0.5) is 8.78 Å². The van der Waals surface area contributed by atoms with E-state index in [9.17, 15) is 22.3 Å². The molecule has 0 aliphatic heterocycles. The minimum atomic E-state index is -4.83. The van der Waals surface area contributed by atoms with Crippen molar-refractivity contribution in [1.82, 2.24) is 0 Å². The van der Waals surface area contributed by atoms with Gasteiger partial charge in [0.1, 0.15) is 11.5 Å². The lowest BCUT2D eigenvalue weighted by Gasteiger charge is -2.15. The molecule has 0 atom stereocenters. The average Bonchev–Trinajstić information content (AvgIpc) is 2.56. The van der Waals surface area contributed by atoms with E-state index in [1.165, 1.54) is 19.1 Å². The van der Waals surface area contributed by atoms with Gasteiger partial charge in [-0.3, -0.25) is 0 Å². The van der Waals surface area contributed by atoms with Crippen LogP contribution < -0.4 is 4.74 Å². The molecule has 0 saturated carbocycles. The Balaban J connectivity index is 2.49. The molecule has 2 aromatic carbocycles. The fourth-order valence-corrected chi connectivity index (χ4v) is 3.15. The fourth-order valence-electron chi connectivity index (χ4n) is 2.14. The van der Waals surface area contributed by atoms with Crippen LogP contribution >= 0.6 is 0 Å². The molecule has 1 N–H and O–H groups in total. The largest absolute Gasteiger partial charge is 0.457 e. The number of ether oxygens (including phenoxy) is 1. The molecule has 0 spiro atoms. The monoisotopic (exact) mass is 353 g/mol. The van der Waals surface area contributed by atoms with E-state index in [1.807, 2.05) is 6.07 Å². The molecular weight excluding hydrogens is 340 g/mol. The summed E-state index contributed by atoms with van der Waals surface area (Å²) >= 11 is 0. The van der Waals surface area contributed by atoms with Crippen LogP contribution in [0.5, 0.6) is 11.5 Å². The highest BCUT2D eigenvalue weighted by molar-refractivity contribution is 7.91. The van der Waals surface area contributed by atoms with Crippen LogP contribution in [-0.2, 0) is 16.4 Å². The number of nitriles is 1. The van der Waals surface area contributed by atoms with Crippen molar-refractivity contribution in [2.24, 2.45) is 0 Å². The summed E-state index contributed by atoms with van der Waals surface area (Å²) in [5.41, 5.74) is 0.440. The molecule has 0 aliphatic rings. The summed E-state index contributed by atoms with van der Waals surface area (Å²) in [7, 11) is -4.83. The normalized spacial score (nSPS) is 11.3. The Morgan fingerprint density at radius 3 is 2.58 bits per heavy atom. The molecule has 2 aromatic rings. The quantitative estimate of drug-likeness (QED) is 0.892. The number of benzene rings is 2. The molecule has 0 saturated heterocycles. The van der Waals surface area contributed by atoms with Gasteiger partial charge in [-0.15, -0.1) is 0 Å². The molecule has 0 unspecified atom stereocenters. The van der Waals surface area contributed by atoms with Gasteiger partial charge in [-0.1, -0.05) is 6.07 Å². The fraction of sp³-hybridized carbons (Fsp3) is 0.188. The zero-order valence-electron chi connectivity index (χ0n) is 12.5. The number of aliphatic hydroxyl groups excluding tert-OH is 1. The van der Waals surface area contributed by atoms with Gasteiger partial charge in [0.05, 0.1) is 23.1 Å². The van der Waals surface area contributed by atoms with Gasteiger partial charge in [0.15, 0.2) is 0 Å². The number of hydrogen-bond acceptors (Lipinski definition) is 5. The Hall–Kier alpha value is -2.50. The van der Waals surface area contributed by atoms with E-state index >= 15 is 0 Å². The summed E-state index contributed by atoms with van der Waals surface area (Å²) in [4.78, 5) is -0.629. The van der Waals surface area contributed by atoms with Crippen LogP contribution in [0.25, 0.3) is 0 Å². The van der Waals surface area contributed by atoms with E-state index in [1.54, 1.807) is 18.2 Å². The van der Waals surface area contributed by atoms with Crippen molar-refractivity contribution in [2.45, 2.75) is 24.2 Å². The molecule has 126 valence electrons. The third kappa shape index (κ3) is 3.37. The third-order valence-corrected chi connectivity index (χ3v) is 4.86. The first kappa shape index (κ1) is 17.8. The molecule has 24 heavy (non-hydrogen) atoms. The second-order valence-electron chi connectivity index (χ2n) is 4.87. The summed E-state index contributed by atoms with van der Waals surface area (Å²) in [6.07, 6.45) is 0. The Morgan fingerprint density at radius 2 is 2.00 bits per heavy atom. The van der Waals surface area contributed by atoms with Gasteiger partial charge in [0.25, 0.3) is 0 Å². The van der Waals surface area contributed by atoms with Gasteiger partial charge < -0.3 is 9.84 Å². The molecule has 5 nitrogen and oxygen atoms in total. The molecule has 0 fully saturated rings. The number of aliphatic hydroxyl groups is 1. The Kier molecular flexibility index (Phi) is 5.17. The molecule has 0 aliphatic carbocycles. The van der Waals surface area contributed by atoms with Crippen LogP contribution in [0, 0.1) is 18.3 Å². The maximum Gasteiger partial charge on any atom is 0.341 e. The molecule has 0 radical (unpaired) electrons. The van der Waals surface area contributed by atoms with Gasteiger partial charge >= 0.3 is 5.76 Å². The lowest BCUT2D eigenvalue weighted by molar-refractivity contribution is 0.233. The van der Waals surface area contributed by atoms with Crippen molar-refractivity contribution >= 4 is 9.84 Å². The minimum Gasteiger partial charge on any atom is -0.457 e. The van der Waals surface area contributed by atoms with Crippen LogP contribution in [0.2, 0.25) is 0 Å². The van der Waals surface area contributed by atoms with Crippen molar-refractivity contribution in [2.75, 3.05) is 0 Å². The highest BCUT2D eigenvalue weighted by Crippen LogP contribution is 2.33. The zero-order chi connectivity index (χ0) is 17.9. The second-order valence-corrected chi connectivity index (χ2v) is 6.76. The molecule has 2 rings (SSSR count). The van der Waals surface area contributed by atoms with Crippen LogP contribution in [0.15, 0.2) is 41.3 Å². The van der Waals surface area contributed by atoms with Crippen LogP contribution in [0.1, 0.15) is 16.7 Å². The standard InChI is InChI=1S/C16H13F2NO4S/c1-10-13(9-20)15(24(21,22)16(17)18)6-5-14(10)23-12-4-2-3-11(7-12)8-19/h2-7,16,20H,9H2,1H3.